The van der Waals surface area contributed by atoms with Crippen molar-refractivity contribution in [1.82, 2.24) is 9.29 Å². The van der Waals surface area contributed by atoms with Crippen molar-refractivity contribution < 1.29 is 12.8 Å². The maximum absolute atomic E-state index is 12.5. The van der Waals surface area contributed by atoms with Gasteiger partial charge in [0.2, 0.25) is 10.0 Å². The van der Waals surface area contributed by atoms with Crippen molar-refractivity contribution in [3.05, 3.63) is 42.5 Å². The van der Waals surface area contributed by atoms with Gasteiger partial charge in [0.1, 0.15) is 16.5 Å². The third kappa shape index (κ3) is 3.31. The number of pyridine rings is 1. The van der Waals surface area contributed by atoms with Crippen LogP contribution in [0.5, 0.6) is 0 Å². The summed E-state index contributed by atoms with van der Waals surface area (Å²) >= 11 is 0. The molecular formula is C15H19N3O3S. The van der Waals surface area contributed by atoms with Gasteiger partial charge in [0.05, 0.1) is 12.8 Å². The van der Waals surface area contributed by atoms with Gasteiger partial charge in [0, 0.05) is 19.3 Å². The molecule has 3 heterocycles. The molecule has 0 aromatic carbocycles. The van der Waals surface area contributed by atoms with Gasteiger partial charge in [-0.05, 0) is 37.1 Å². The first-order chi connectivity index (χ1) is 10.7. The first-order valence-corrected chi connectivity index (χ1v) is 8.83. The first-order valence-electron chi connectivity index (χ1n) is 7.39. The summed E-state index contributed by atoms with van der Waals surface area (Å²) in [5.74, 6) is 1.42. The summed E-state index contributed by atoms with van der Waals surface area (Å²) in [6.45, 7) is 1.71. The molecule has 0 spiro atoms. The number of hydrogen-bond donors (Lipinski definition) is 1. The van der Waals surface area contributed by atoms with Crippen LogP contribution in [0.4, 0.5) is 5.82 Å². The maximum Gasteiger partial charge on any atom is 0.244 e. The van der Waals surface area contributed by atoms with E-state index in [0.29, 0.717) is 25.5 Å². The van der Waals surface area contributed by atoms with Crippen LogP contribution in [0.15, 0.2) is 46.0 Å². The van der Waals surface area contributed by atoms with Crippen LogP contribution < -0.4 is 5.32 Å². The lowest BCUT2D eigenvalue weighted by molar-refractivity contribution is 0.346. The Morgan fingerprint density at radius 1 is 1.18 bits per heavy atom. The van der Waals surface area contributed by atoms with E-state index in [1.54, 1.807) is 22.7 Å². The van der Waals surface area contributed by atoms with E-state index in [4.69, 9.17) is 4.42 Å². The van der Waals surface area contributed by atoms with E-state index >= 15 is 0 Å². The zero-order valence-electron chi connectivity index (χ0n) is 12.2. The van der Waals surface area contributed by atoms with Crippen molar-refractivity contribution in [2.75, 3.05) is 18.4 Å². The average Bonchev–Trinajstić information content (AvgIpc) is 3.08. The second-order valence-electron chi connectivity index (χ2n) is 5.28. The third-order valence-electron chi connectivity index (χ3n) is 3.71. The van der Waals surface area contributed by atoms with Gasteiger partial charge in [-0.25, -0.2) is 13.4 Å². The van der Waals surface area contributed by atoms with Gasteiger partial charge in [0.15, 0.2) is 0 Å². The van der Waals surface area contributed by atoms with Crippen molar-refractivity contribution in [3.8, 4) is 0 Å². The molecule has 1 fully saturated rings. The van der Waals surface area contributed by atoms with Crippen LogP contribution in [0.25, 0.3) is 0 Å². The van der Waals surface area contributed by atoms with Crippen molar-refractivity contribution in [2.24, 2.45) is 0 Å². The van der Waals surface area contributed by atoms with Gasteiger partial charge in [-0.3, -0.25) is 0 Å². The van der Waals surface area contributed by atoms with E-state index in [9.17, 15) is 8.42 Å². The van der Waals surface area contributed by atoms with Crippen molar-refractivity contribution in [1.29, 1.82) is 0 Å². The zero-order valence-corrected chi connectivity index (χ0v) is 13.1. The highest BCUT2D eigenvalue weighted by Crippen LogP contribution is 2.20. The van der Waals surface area contributed by atoms with E-state index in [-0.39, 0.29) is 4.90 Å². The Labute approximate surface area is 130 Å². The summed E-state index contributed by atoms with van der Waals surface area (Å²) in [5, 5.41) is 3.09. The molecule has 0 amide bonds. The molecule has 1 aliphatic heterocycles. The maximum atomic E-state index is 12.5. The van der Waals surface area contributed by atoms with Gasteiger partial charge in [-0.1, -0.05) is 6.42 Å². The highest BCUT2D eigenvalue weighted by molar-refractivity contribution is 7.89. The molecule has 22 heavy (non-hydrogen) atoms. The molecule has 3 rings (SSSR count). The zero-order chi connectivity index (χ0) is 15.4. The van der Waals surface area contributed by atoms with Gasteiger partial charge >= 0.3 is 0 Å². The molecule has 0 atom stereocenters. The molecule has 0 radical (unpaired) electrons. The van der Waals surface area contributed by atoms with Gasteiger partial charge in [0.25, 0.3) is 0 Å². The Balaban J connectivity index is 1.67. The standard InChI is InChI=1S/C15H19N3O3S/c19-22(20,18-8-2-1-3-9-18)14-6-7-15(17-12-14)16-11-13-5-4-10-21-13/h4-7,10,12H,1-3,8-9,11H2,(H,16,17). The molecule has 0 bridgehead atoms. The molecule has 2 aromatic heterocycles. The second-order valence-corrected chi connectivity index (χ2v) is 7.21. The van der Waals surface area contributed by atoms with Crippen LogP contribution in [0.1, 0.15) is 25.0 Å². The van der Waals surface area contributed by atoms with Crippen molar-refractivity contribution in [2.45, 2.75) is 30.7 Å². The van der Waals surface area contributed by atoms with Crippen molar-refractivity contribution >= 4 is 15.8 Å². The number of rotatable bonds is 5. The Hall–Kier alpha value is -1.86. The lowest BCUT2D eigenvalue weighted by Gasteiger charge is -2.25. The van der Waals surface area contributed by atoms with E-state index in [1.165, 1.54) is 6.20 Å². The molecule has 1 N–H and O–H groups in total. The van der Waals surface area contributed by atoms with Crippen LogP contribution in [0, 0.1) is 0 Å². The number of furan rings is 1. The molecule has 118 valence electrons. The summed E-state index contributed by atoms with van der Waals surface area (Å²) in [5.41, 5.74) is 0. The number of aromatic nitrogens is 1. The molecule has 1 aliphatic rings. The fourth-order valence-electron chi connectivity index (χ4n) is 2.48. The monoisotopic (exact) mass is 321 g/mol. The molecular weight excluding hydrogens is 302 g/mol. The van der Waals surface area contributed by atoms with Crippen LogP contribution in [0.3, 0.4) is 0 Å². The molecule has 2 aromatic rings. The van der Waals surface area contributed by atoms with E-state index in [0.717, 1.165) is 25.0 Å². The number of nitrogens with one attached hydrogen (secondary N) is 1. The molecule has 1 saturated heterocycles. The van der Waals surface area contributed by atoms with E-state index in [1.807, 2.05) is 12.1 Å². The van der Waals surface area contributed by atoms with Crippen LogP contribution in [-0.2, 0) is 16.6 Å². The average molecular weight is 321 g/mol. The summed E-state index contributed by atoms with van der Waals surface area (Å²) < 4.78 is 31.8. The first kappa shape index (κ1) is 15.1. The minimum absolute atomic E-state index is 0.248. The lowest BCUT2D eigenvalue weighted by atomic mass is 10.2. The quantitative estimate of drug-likeness (QED) is 0.915. The molecule has 0 unspecified atom stereocenters. The molecule has 0 saturated carbocycles. The largest absolute Gasteiger partial charge is 0.467 e. The van der Waals surface area contributed by atoms with Crippen LogP contribution >= 0.6 is 0 Å². The fraction of sp³-hybridized carbons (Fsp3) is 0.400. The minimum Gasteiger partial charge on any atom is -0.467 e. The molecule has 0 aliphatic carbocycles. The van der Waals surface area contributed by atoms with Gasteiger partial charge in [-0.15, -0.1) is 0 Å². The number of anilines is 1. The minimum atomic E-state index is -3.41. The molecule has 6 nitrogen and oxygen atoms in total. The summed E-state index contributed by atoms with van der Waals surface area (Å²) in [7, 11) is -3.41. The van der Waals surface area contributed by atoms with E-state index in [2.05, 4.69) is 10.3 Å². The highest BCUT2D eigenvalue weighted by Gasteiger charge is 2.26. The smallest absolute Gasteiger partial charge is 0.244 e. The Morgan fingerprint density at radius 3 is 2.64 bits per heavy atom. The number of hydrogen-bond acceptors (Lipinski definition) is 5. The fourth-order valence-corrected chi connectivity index (χ4v) is 3.95. The number of piperidine rings is 1. The van der Waals surface area contributed by atoms with Gasteiger partial charge < -0.3 is 9.73 Å². The van der Waals surface area contributed by atoms with Crippen LogP contribution in [-0.4, -0.2) is 30.8 Å². The Bertz CT molecular complexity index is 690. The molecule has 7 heteroatoms. The Morgan fingerprint density at radius 2 is 2.00 bits per heavy atom. The third-order valence-corrected chi connectivity index (χ3v) is 5.60. The van der Waals surface area contributed by atoms with Crippen LogP contribution in [0.2, 0.25) is 0 Å². The summed E-state index contributed by atoms with van der Waals surface area (Å²) in [4.78, 5) is 4.43. The predicted octanol–water partition coefficient (Wildman–Crippen LogP) is 2.46. The number of sulfonamides is 1. The topological polar surface area (TPSA) is 75.4 Å². The second kappa shape index (κ2) is 6.50. The SMILES string of the molecule is O=S(=O)(c1ccc(NCc2ccco2)nc1)N1CCCCC1. The number of nitrogens with zero attached hydrogens (tertiary/aromatic N) is 2. The normalized spacial score (nSPS) is 16.5. The summed E-state index contributed by atoms with van der Waals surface area (Å²) in [6.07, 6.45) is 5.97. The van der Waals surface area contributed by atoms with E-state index < -0.39 is 10.0 Å². The van der Waals surface area contributed by atoms with Crippen molar-refractivity contribution in [3.63, 3.8) is 0 Å². The lowest BCUT2D eigenvalue weighted by Crippen LogP contribution is -2.35. The Kier molecular flexibility index (Phi) is 4.44. The summed E-state index contributed by atoms with van der Waals surface area (Å²) in [6, 6.07) is 6.96. The highest BCUT2D eigenvalue weighted by atomic mass is 32.2. The predicted molar refractivity (Wildman–Crippen MR) is 82.9 cm³/mol. The van der Waals surface area contributed by atoms with Gasteiger partial charge in [-0.2, -0.15) is 4.31 Å².